The van der Waals surface area contributed by atoms with E-state index < -0.39 is 0 Å². The minimum atomic E-state index is -0.275. The van der Waals surface area contributed by atoms with Crippen LogP contribution in [0, 0.1) is 5.82 Å². The smallest absolute Gasteiger partial charge is 0.226 e. The number of phenols is 1. The zero-order valence-electron chi connectivity index (χ0n) is 12.0. The minimum Gasteiger partial charge on any atom is -0.508 e. The molecule has 0 bridgehead atoms. The number of nitrogens with one attached hydrogen (secondary N) is 1. The van der Waals surface area contributed by atoms with Crippen molar-refractivity contribution < 1.29 is 9.50 Å². The van der Waals surface area contributed by atoms with Gasteiger partial charge in [0.2, 0.25) is 5.95 Å². The molecule has 0 unspecified atom stereocenters. The Hall–Kier alpha value is -3.15. The monoisotopic (exact) mass is 308 g/mol. The largest absolute Gasteiger partial charge is 0.508 e. The molecule has 4 rings (SSSR count). The summed E-state index contributed by atoms with van der Waals surface area (Å²) in [5.41, 5.74) is 2.67. The van der Waals surface area contributed by atoms with Gasteiger partial charge in [-0.15, -0.1) is 0 Å². The first-order valence-corrected chi connectivity index (χ1v) is 7.14. The number of anilines is 1. The van der Waals surface area contributed by atoms with Gasteiger partial charge in [-0.25, -0.2) is 9.07 Å². The number of rotatable bonds is 2. The molecule has 2 heterocycles. The molecule has 2 aromatic carbocycles. The highest BCUT2D eigenvalue weighted by atomic mass is 19.1. The number of aromatic hydroxyl groups is 1. The van der Waals surface area contributed by atoms with Gasteiger partial charge in [-0.2, -0.15) is 10.1 Å². The van der Waals surface area contributed by atoms with Gasteiger partial charge in [-0.3, -0.25) is 0 Å². The second-order valence-electron chi connectivity index (χ2n) is 5.28. The summed E-state index contributed by atoms with van der Waals surface area (Å²) in [6, 6.07) is 13.1. The molecular weight excluding hydrogens is 295 g/mol. The van der Waals surface area contributed by atoms with Crippen molar-refractivity contribution in [2.45, 2.75) is 6.04 Å². The highest BCUT2D eigenvalue weighted by Crippen LogP contribution is 2.32. The Morgan fingerprint density at radius 1 is 1.04 bits per heavy atom. The second kappa shape index (κ2) is 5.24. The molecule has 3 aromatic rings. The van der Waals surface area contributed by atoms with Crippen molar-refractivity contribution in [3.8, 4) is 5.75 Å². The standard InChI is InChI=1S/C17H13FN4O/c18-13-5-1-11(2-6-13)15-9-16(12-3-7-14(23)8-4-12)22-17(21-15)19-10-20-22/h1-10,16,23H,(H,19,20,21)/t16-/m1/s1. The Morgan fingerprint density at radius 2 is 1.78 bits per heavy atom. The first-order chi connectivity index (χ1) is 11.2. The molecule has 23 heavy (non-hydrogen) atoms. The lowest BCUT2D eigenvalue weighted by Crippen LogP contribution is -2.20. The molecule has 1 aliphatic heterocycles. The Balaban J connectivity index is 1.79. The lowest BCUT2D eigenvalue weighted by atomic mass is 10.0. The zero-order chi connectivity index (χ0) is 15.8. The van der Waals surface area contributed by atoms with Crippen LogP contribution in [0.3, 0.4) is 0 Å². The van der Waals surface area contributed by atoms with Gasteiger partial charge in [0, 0.05) is 5.70 Å². The number of allylic oxidation sites excluding steroid dienone is 1. The van der Waals surface area contributed by atoms with Crippen molar-refractivity contribution in [2.75, 3.05) is 5.32 Å². The van der Waals surface area contributed by atoms with Crippen LogP contribution in [0.5, 0.6) is 5.75 Å². The number of benzene rings is 2. The van der Waals surface area contributed by atoms with E-state index in [0.29, 0.717) is 5.95 Å². The molecule has 0 radical (unpaired) electrons. The second-order valence-corrected chi connectivity index (χ2v) is 5.28. The number of hydrogen-bond donors (Lipinski definition) is 2. The Labute approximate surface area is 131 Å². The fourth-order valence-electron chi connectivity index (χ4n) is 2.64. The lowest BCUT2D eigenvalue weighted by Gasteiger charge is -2.24. The average molecular weight is 308 g/mol. The number of phenolic OH excluding ortho intramolecular Hbond substituents is 1. The molecule has 1 aliphatic rings. The molecule has 2 N–H and O–H groups in total. The van der Waals surface area contributed by atoms with Crippen LogP contribution < -0.4 is 5.32 Å². The van der Waals surface area contributed by atoms with E-state index in [-0.39, 0.29) is 17.6 Å². The normalized spacial score (nSPS) is 16.4. The molecule has 1 atom stereocenters. The predicted octanol–water partition coefficient (Wildman–Crippen LogP) is 3.18. The molecule has 0 fully saturated rings. The van der Waals surface area contributed by atoms with Gasteiger partial charge < -0.3 is 10.4 Å². The number of halogens is 1. The molecular formula is C17H13FN4O. The Bertz CT molecular complexity index is 868. The van der Waals surface area contributed by atoms with Gasteiger partial charge in [0.1, 0.15) is 23.9 Å². The SMILES string of the molecule is Oc1ccc([C@H]2C=C(c3ccc(F)cc3)Nc3ncnn32)cc1. The number of fused-ring (bicyclic) bond motifs is 1. The van der Waals surface area contributed by atoms with Crippen LogP contribution in [0.1, 0.15) is 17.2 Å². The summed E-state index contributed by atoms with van der Waals surface area (Å²) in [6.07, 6.45) is 3.48. The van der Waals surface area contributed by atoms with Crippen LogP contribution in [0.25, 0.3) is 5.70 Å². The van der Waals surface area contributed by atoms with Gasteiger partial charge in [0.05, 0.1) is 0 Å². The van der Waals surface area contributed by atoms with Crippen LogP contribution in [-0.2, 0) is 0 Å². The summed E-state index contributed by atoms with van der Waals surface area (Å²) >= 11 is 0. The Morgan fingerprint density at radius 3 is 2.52 bits per heavy atom. The first-order valence-electron chi connectivity index (χ1n) is 7.14. The van der Waals surface area contributed by atoms with Gasteiger partial charge in [0.25, 0.3) is 0 Å². The lowest BCUT2D eigenvalue weighted by molar-refractivity contribution is 0.474. The van der Waals surface area contributed by atoms with E-state index in [1.54, 1.807) is 28.9 Å². The summed E-state index contributed by atoms with van der Waals surface area (Å²) in [7, 11) is 0. The highest BCUT2D eigenvalue weighted by Gasteiger charge is 2.23. The van der Waals surface area contributed by atoms with Crippen molar-refractivity contribution in [3.05, 3.63) is 77.9 Å². The van der Waals surface area contributed by atoms with Crippen molar-refractivity contribution in [3.63, 3.8) is 0 Å². The number of nitrogens with zero attached hydrogens (tertiary/aromatic N) is 3. The zero-order valence-corrected chi connectivity index (χ0v) is 12.0. The van der Waals surface area contributed by atoms with Crippen molar-refractivity contribution in [2.24, 2.45) is 0 Å². The van der Waals surface area contributed by atoms with Crippen LogP contribution in [0.15, 0.2) is 60.9 Å². The van der Waals surface area contributed by atoms with E-state index in [1.807, 2.05) is 18.2 Å². The first kappa shape index (κ1) is 13.5. The third kappa shape index (κ3) is 2.44. The molecule has 1 aromatic heterocycles. The topological polar surface area (TPSA) is 63.0 Å². The molecule has 6 heteroatoms. The minimum absolute atomic E-state index is 0.158. The molecule has 0 saturated heterocycles. The summed E-state index contributed by atoms with van der Waals surface area (Å²) < 4.78 is 14.9. The molecule has 114 valence electrons. The summed E-state index contributed by atoms with van der Waals surface area (Å²) in [4.78, 5) is 4.22. The average Bonchev–Trinajstić information content (AvgIpc) is 3.04. The van der Waals surface area contributed by atoms with E-state index in [1.165, 1.54) is 18.5 Å². The van der Waals surface area contributed by atoms with Gasteiger partial charge in [0.15, 0.2) is 0 Å². The maximum Gasteiger partial charge on any atom is 0.226 e. The predicted molar refractivity (Wildman–Crippen MR) is 84.3 cm³/mol. The van der Waals surface area contributed by atoms with Crippen LogP contribution in [-0.4, -0.2) is 19.9 Å². The van der Waals surface area contributed by atoms with Crippen LogP contribution >= 0.6 is 0 Å². The van der Waals surface area contributed by atoms with E-state index in [4.69, 9.17) is 0 Å². The van der Waals surface area contributed by atoms with Crippen molar-refractivity contribution in [1.82, 2.24) is 14.8 Å². The third-order valence-corrected chi connectivity index (χ3v) is 3.80. The van der Waals surface area contributed by atoms with Gasteiger partial charge in [-0.1, -0.05) is 12.1 Å². The maximum absolute atomic E-state index is 13.1. The van der Waals surface area contributed by atoms with Crippen LogP contribution in [0.4, 0.5) is 10.3 Å². The maximum atomic E-state index is 13.1. The Kier molecular flexibility index (Phi) is 3.08. The fraction of sp³-hybridized carbons (Fsp3) is 0.0588. The van der Waals surface area contributed by atoms with E-state index in [0.717, 1.165) is 16.8 Å². The van der Waals surface area contributed by atoms with E-state index in [9.17, 15) is 9.50 Å². The van der Waals surface area contributed by atoms with E-state index >= 15 is 0 Å². The molecule has 0 spiro atoms. The number of hydrogen-bond acceptors (Lipinski definition) is 4. The number of aromatic nitrogens is 3. The summed E-state index contributed by atoms with van der Waals surface area (Å²) in [5, 5.41) is 16.9. The van der Waals surface area contributed by atoms with Gasteiger partial charge >= 0.3 is 0 Å². The van der Waals surface area contributed by atoms with E-state index in [2.05, 4.69) is 15.4 Å². The summed E-state index contributed by atoms with van der Waals surface area (Å²) in [5.74, 6) is 0.553. The highest BCUT2D eigenvalue weighted by molar-refractivity contribution is 5.77. The van der Waals surface area contributed by atoms with Crippen molar-refractivity contribution in [1.29, 1.82) is 0 Å². The summed E-state index contributed by atoms with van der Waals surface area (Å²) in [6.45, 7) is 0. The quantitative estimate of drug-likeness (QED) is 0.763. The van der Waals surface area contributed by atoms with Crippen LogP contribution in [0.2, 0.25) is 0 Å². The fourth-order valence-corrected chi connectivity index (χ4v) is 2.64. The van der Waals surface area contributed by atoms with Crippen molar-refractivity contribution >= 4 is 11.6 Å². The molecule has 5 nitrogen and oxygen atoms in total. The molecule has 0 aliphatic carbocycles. The third-order valence-electron chi connectivity index (χ3n) is 3.80. The molecule has 0 saturated carbocycles. The molecule has 0 amide bonds. The van der Waals surface area contributed by atoms with Gasteiger partial charge in [-0.05, 0) is 53.6 Å².